The van der Waals surface area contributed by atoms with Gasteiger partial charge in [0.1, 0.15) is 5.01 Å². The van der Waals surface area contributed by atoms with Gasteiger partial charge in [0, 0.05) is 28.9 Å². The molecule has 0 saturated heterocycles. The molecule has 0 spiro atoms. The van der Waals surface area contributed by atoms with Gasteiger partial charge in [-0.05, 0) is 26.0 Å². The topological polar surface area (TPSA) is 24.9 Å². The Morgan fingerprint density at radius 1 is 1.41 bits per heavy atom. The van der Waals surface area contributed by atoms with Crippen LogP contribution in [0.15, 0.2) is 5.38 Å². The van der Waals surface area contributed by atoms with Crippen LogP contribution in [-0.4, -0.2) is 22.5 Å². The molecular formula is C13H22N2S2. The molecule has 1 aromatic rings. The Labute approximate surface area is 113 Å². The minimum atomic E-state index is 0.491. The van der Waals surface area contributed by atoms with E-state index in [1.165, 1.54) is 37.1 Å². The molecule has 1 aliphatic carbocycles. The molecule has 1 aliphatic rings. The number of nitrogens with zero attached hydrogens (tertiary/aromatic N) is 1. The number of nitrogens with one attached hydrogen (secondary N) is 1. The van der Waals surface area contributed by atoms with E-state index in [2.05, 4.69) is 40.6 Å². The first kappa shape index (κ1) is 13.4. The molecular weight excluding hydrogens is 248 g/mol. The highest BCUT2D eigenvalue weighted by Crippen LogP contribution is 2.37. The average Bonchev–Trinajstić information content (AvgIpc) is 2.76. The molecule has 0 aliphatic heterocycles. The second kappa shape index (κ2) is 6.21. The lowest BCUT2D eigenvalue weighted by atomic mass is 9.88. The third-order valence-corrected chi connectivity index (χ3v) is 5.97. The summed E-state index contributed by atoms with van der Waals surface area (Å²) in [5, 5.41) is 6.95. The summed E-state index contributed by atoms with van der Waals surface area (Å²) >= 11 is 3.82. The van der Waals surface area contributed by atoms with Crippen LogP contribution < -0.4 is 5.32 Å². The Morgan fingerprint density at radius 2 is 2.18 bits per heavy atom. The molecule has 0 aromatic carbocycles. The number of thiazole rings is 1. The Morgan fingerprint density at radius 3 is 2.76 bits per heavy atom. The number of hydrogen-bond acceptors (Lipinski definition) is 4. The largest absolute Gasteiger partial charge is 0.309 e. The van der Waals surface area contributed by atoms with Crippen molar-refractivity contribution in [1.82, 2.24) is 10.3 Å². The van der Waals surface area contributed by atoms with E-state index in [0.717, 1.165) is 18.8 Å². The van der Waals surface area contributed by atoms with Crippen LogP contribution in [0.5, 0.6) is 0 Å². The van der Waals surface area contributed by atoms with Crippen LogP contribution in [-0.2, 0) is 6.54 Å². The zero-order chi connectivity index (χ0) is 12.1. The SMILES string of the molecule is CSC1(CNCc2nc(C)cs2)CCCCC1. The molecule has 0 atom stereocenters. The van der Waals surface area contributed by atoms with Crippen molar-refractivity contribution in [2.75, 3.05) is 12.8 Å². The lowest BCUT2D eigenvalue weighted by molar-refractivity contribution is 0.379. The van der Waals surface area contributed by atoms with E-state index in [0.29, 0.717) is 4.75 Å². The monoisotopic (exact) mass is 270 g/mol. The number of thioether (sulfide) groups is 1. The van der Waals surface area contributed by atoms with Gasteiger partial charge in [-0.15, -0.1) is 11.3 Å². The smallest absolute Gasteiger partial charge is 0.107 e. The van der Waals surface area contributed by atoms with Crippen molar-refractivity contribution >= 4 is 23.1 Å². The first-order valence-corrected chi connectivity index (χ1v) is 8.51. The average molecular weight is 270 g/mol. The van der Waals surface area contributed by atoms with E-state index in [1.54, 1.807) is 11.3 Å². The summed E-state index contributed by atoms with van der Waals surface area (Å²) in [6.45, 7) is 4.12. The highest BCUT2D eigenvalue weighted by molar-refractivity contribution is 8.00. The van der Waals surface area contributed by atoms with Crippen LogP contribution in [0.1, 0.15) is 42.8 Å². The highest BCUT2D eigenvalue weighted by atomic mass is 32.2. The fraction of sp³-hybridized carbons (Fsp3) is 0.769. The fourth-order valence-corrected chi connectivity index (χ4v) is 4.22. The first-order valence-electron chi connectivity index (χ1n) is 6.41. The van der Waals surface area contributed by atoms with E-state index in [-0.39, 0.29) is 0 Å². The Kier molecular flexibility index (Phi) is 4.88. The van der Waals surface area contributed by atoms with Gasteiger partial charge in [-0.25, -0.2) is 4.98 Å². The maximum absolute atomic E-state index is 4.49. The van der Waals surface area contributed by atoms with Gasteiger partial charge in [-0.2, -0.15) is 11.8 Å². The quantitative estimate of drug-likeness (QED) is 0.885. The molecule has 1 heterocycles. The third kappa shape index (κ3) is 3.70. The van der Waals surface area contributed by atoms with Gasteiger partial charge in [0.15, 0.2) is 0 Å². The Bertz CT molecular complexity index is 343. The van der Waals surface area contributed by atoms with E-state index in [9.17, 15) is 0 Å². The van der Waals surface area contributed by atoms with Gasteiger partial charge in [-0.1, -0.05) is 19.3 Å². The standard InChI is InChI=1S/C13H22N2S2/c1-11-9-17-12(15-11)8-14-10-13(16-2)6-4-3-5-7-13/h9,14H,3-8,10H2,1-2H3. The number of aromatic nitrogens is 1. The predicted molar refractivity (Wildman–Crippen MR) is 77.9 cm³/mol. The lowest BCUT2D eigenvalue weighted by Gasteiger charge is -2.35. The van der Waals surface area contributed by atoms with Crippen LogP contribution >= 0.6 is 23.1 Å². The normalized spacial score (nSPS) is 19.4. The van der Waals surface area contributed by atoms with Crippen molar-refractivity contribution in [3.63, 3.8) is 0 Å². The summed E-state index contributed by atoms with van der Waals surface area (Å²) in [7, 11) is 0. The molecule has 4 heteroatoms. The van der Waals surface area contributed by atoms with Crippen molar-refractivity contribution in [2.45, 2.75) is 50.3 Å². The van der Waals surface area contributed by atoms with Crippen LogP contribution in [0.3, 0.4) is 0 Å². The maximum Gasteiger partial charge on any atom is 0.107 e. The summed E-state index contributed by atoms with van der Waals surface area (Å²) in [6.07, 6.45) is 9.24. The summed E-state index contributed by atoms with van der Waals surface area (Å²) in [4.78, 5) is 4.49. The minimum Gasteiger partial charge on any atom is -0.309 e. The number of hydrogen-bond donors (Lipinski definition) is 1. The Balaban J connectivity index is 1.79. The molecule has 17 heavy (non-hydrogen) atoms. The van der Waals surface area contributed by atoms with Gasteiger partial charge in [0.25, 0.3) is 0 Å². The van der Waals surface area contributed by atoms with E-state index >= 15 is 0 Å². The zero-order valence-corrected chi connectivity index (χ0v) is 12.4. The minimum absolute atomic E-state index is 0.491. The molecule has 1 N–H and O–H groups in total. The third-order valence-electron chi connectivity index (χ3n) is 3.59. The maximum atomic E-state index is 4.49. The molecule has 96 valence electrons. The van der Waals surface area contributed by atoms with Crippen molar-refractivity contribution in [1.29, 1.82) is 0 Å². The van der Waals surface area contributed by atoms with E-state index in [1.807, 2.05) is 0 Å². The molecule has 2 nitrogen and oxygen atoms in total. The molecule has 0 unspecified atom stereocenters. The van der Waals surface area contributed by atoms with Crippen LogP contribution in [0.2, 0.25) is 0 Å². The van der Waals surface area contributed by atoms with E-state index in [4.69, 9.17) is 0 Å². The van der Waals surface area contributed by atoms with Crippen molar-refractivity contribution in [2.24, 2.45) is 0 Å². The van der Waals surface area contributed by atoms with Gasteiger partial charge < -0.3 is 5.32 Å². The fourth-order valence-electron chi connectivity index (χ4n) is 2.53. The first-order chi connectivity index (χ1) is 8.24. The second-order valence-corrected chi connectivity index (χ2v) is 7.15. The number of aryl methyl sites for hydroxylation is 1. The predicted octanol–water partition coefficient (Wildman–Crippen LogP) is 3.61. The van der Waals surface area contributed by atoms with Gasteiger partial charge in [0.05, 0.1) is 0 Å². The number of rotatable bonds is 5. The summed E-state index contributed by atoms with van der Waals surface area (Å²) in [5.74, 6) is 0. The van der Waals surface area contributed by atoms with E-state index < -0.39 is 0 Å². The lowest BCUT2D eigenvalue weighted by Crippen LogP contribution is -2.39. The zero-order valence-electron chi connectivity index (χ0n) is 10.8. The highest BCUT2D eigenvalue weighted by Gasteiger charge is 2.30. The molecule has 1 saturated carbocycles. The molecule has 1 aromatic heterocycles. The molecule has 0 bridgehead atoms. The Hall–Kier alpha value is -0.0600. The van der Waals surface area contributed by atoms with Crippen molar-refractivity contribution < 1.29 is 0 Å². The van der Waals surface area contributed by atoms with Gasteiger partial charge in [-0.3, -0.25) is 0 Å². The molecule has 1 fully saturated rings. The summed E-state index contributed by atoms with van der Waals surface area (Å²) < 4.78 is 0.491. The molecule has 0 radical (unpaired) electrons. The van der Waals surface area contributed by atoms with Gasteiger partial charge in [0.2, 0.25) is 0 Å². The van der Waals surface area contributed by atoms with Crippen molar-refractivity contribution in [3.05, 3.63) is 16.1 Å². The summed E-state index contributed by atoms with van der Waals surface area (Å²) in [6, 6.07) is 0. The van der Waals surface area contributed by atoms with Crippen LogP contribution in [0.25, 0.3) is 0 Å². The van der Waals surface area contributed by atoms with Crippen LogP contribution in [0, 0.1) is 6.92 Å². The van der Waals surface area contributed by atoms with Gasteiger partial charge >= 0.3 is 0 Å². The summed E-state index contributed by atoms with van der Waals surface area (Å²) in [5.41, 5.74) is 1.14. The molecule has 2 rings (SSSR count). The van der Waals surface area contributed by atoms with Crippen LogP contribution in [0.4, 0.5) is 0 Å². The van der Waals surface area contributed by atoms with Crippen molar-refractivity contribution in [3.8, 4) is 0 Å². The molecule has 0 amide bonds. The second-order valence-electron chi connectivity index (χ2n) is 4.93.